The third-order valence-electron chi connectivity index (χ3n) is 0.447. The topological polar surface area (TPSA) is 17.1 Å². The molecule has 0 fully saturated rings. The van der Waals surface area contributed by atoms with E-state index >= 15 is 0 Å². The Balaban J connectivity index is 2.83. The van der Waals surface area contributed by atoms with E-state index in [0.717, 1.165) is 0 Å². The van der Waals surface area contributed by atoms with E-state index in [4.69, 9.17) is 0 Å². The van der Waals surface area contributed by atoms with Gasteiger partial charge in [-0.05, 0) is 6.42 Å². The molecule has 38 valence electrons. The standard InChI is InChI=1S/C3H8FOP/c1-2-3-6(4)5/h6H,2-3H2,1H3. The number of hydrogen-bond acceptors (Lipinski definition) is 1. The molecule has 1 unspecified atom stereocenters. The molecule has 6 heavy (non-hydrogen) atoms. The zero-order valence-corrected chi connectivity index (χ0v) is 4.70. The van der Waals surface area contributed by atoms with Gasteiger partial charge in [-0.3, -0.25) is 4.57 Å². The highest BCUT2D eigenvalue weighted by atomic mass is 31.1. The van der Waals surface area contributed by atoms with Crippen LogP contribution in [0.2, 0.25) is 0 Å². The van der Waals surface area contributed by atoms with Gasteiger partial charge in [0.1, 0.15) is 0 Å². The maximum atomic E-state index is 11.2. The molecule has 3 heteroatoms. The van der Waals surface area contributed by atoms with Crippen LogP contribution in [0.5, 0.6) is 0 Å². The monoisotopic (exact) mass is 110 g/mol. The van der Waals surface area contributed by atoms with Crippen molar-refractivity contribution in [2.75, 3.05) is 6.16 Å². The minimum atomic E-state index is -2.64. The molecule has 0 aromatic carbocycles. The van der Waals surface area contributed by atoms with Gasteiger partial charge in [-0.1, -0.05) is 6.92 Å². The lowest BCUT2D eigenvalue weighted by Gasteiger charge is -1.78. The summed E-state index contributed by atoms with van der Waals surface area (Å²) in [6.07, 6.45) is 0.943. The molecule has 0 bridgehead atoms. The van der Waals surface area contributed by atoms with Crippen LogP contribution in [0.1, 0.15) is 13.3 Å². The summed E-state index contributed by atoms with van der Waals surface area (Å²) in [4.78, 5) is 0. The highest BCUT2D eigenvalue weighted by Gasteiger charge is 1.86. The van der Waals surface area contributed by atoms with Crippen molar-refractivity contribution in [3.8, 4) is 0 Å². The molecule has 0 radical (unpaired) electrons. The van der Waals surface area contributed by atoms with Gasteiger partial charge >= 0.3 is 0 Å². The summed E-state index contributed by atoms with van der Waals surface area (Å²) in [6.45, 7) is 1.81. The van der Waals surface area contributed by atoms with Crippen LogP contribution in [-0.4, -0.2) is 6.16 Å². The zero-order valence-electron chi connectivity index (χ0n) is 3.70. The Hall–Kier alpha value is 0.160. The fourth-order valence-electron chi connectivity index (χ4n) is 0.197. The average Bonchev–Trinajstić information content (AvgIpc) is 1.35. The van der Waals surface area contributed by atoms with E-state index in [-0.39, 0.29) is 6.16 Å². The fraction of sp³-hybridized carbons (Fsp3) is 1.00. The van der Waals surface area contributed by atoms with Crippen molar-refractivity contribution in [3.05, 3.63) is 0 Å². The predicted molar refractivity (Wildman–Crippen MR) is 25.3 cm³/mol. The Morgan fingerprint density at radius 3 is 2.33 bits per heavy atom. The summed E-state index contributed by atoms with van der Waals surface area (Å²) in [5.74, 6) is 0. The first-order chi connectivity index (χ1) is 2.77. The lowest BCUT2D eigenvalue weighted by Crippen LogP contribution is -1.63. The van der Waals surface area contributed by atoms with Crippen LogP contribution in [0, 0.1) is 0 Å². The van der Waals surface area contributed by atoms with Crippen LogP contribution in [0.15, 0.2) is 0 Å². The second kappa shape index (κ2) is 3.35. The maximum Gasteiger partial charge on any atom is 0.233 e. The summed E-state index contributed by atoms with van der Waals surface area (Å²) in [5, 5.41) is 0. The van der Waals surface area contributed by atoms with Gasteiger partial charge in [0, 0.05) is 6.16 Å². The molecule has 0 aliphatic heterocycles. The van der Waals surface area contributed by atoms with E-state index in [9.17, 15) is 8.76 Å². The van der Waals surface area contributed by atoms with Crippen LogP contribution >= 0.6 is 8.11 Å². The first kappa shape index (κ1) is 6.16. The Morgan fingerprint density at radius 1 is 1.83 bits per heavy atom. The zero-order chi connectivity index (χ0) is 4.99. The molecular formula is C3H8FOP. The summed E-state index contributed by atoms with van der Waals surface area (Å²) in [6, 6.07) is 0. The van der Waals surface area contributed by atoms with Crippen LogP contribution in [0.4, 0.5) is 4.20 Å². The molecule has 0 aromatic rings. The van der Waals surface area contributed by atoms with E-state index < -0.39 is 8.11 Å². The van der Waals surface area contributed by atoms with Gasteiger partial charge in [0.05, 0.1) is 0 Å². The normalized spacial score (nSPS) is 14.3. The molecular weight excluding hydrogens is 102 g/mol. The Bertz CT molecular complexity index is 54.8. The summed E-state index contributed by atoms with van der Waals surface area (Å²) in [7, 11) is -2.64. The molecule has 0 aliphatic carbocycles. The third kappa shape index (κ3) is 4.16. The number of hydrogen-bond donors (Lipinski definition) is 0. The third-order valence-corrected chi connectivity index (χ3v) is 1.34. The van der Waals surface area contributed by atoms with Crippen molar-refractivity contribution in [2.45, 2.75) is 13.3 Å². The van der Waals surface area contributed by atoms with Crippen molar-refractivity contribution in [1.29, 1.82) is 0 Å². The van der Waals surface area contributed by atoms with Crippen molar-refractivity contribution in [1.82, 2.24) is 0 Å². The Morgan fingerprint density at radius 2 is 2.33 bits per heavy atom. The smallest absolute Gasteiger partial charge is 0.233 e. The molecule has 0 aliphatic rings. The van der Waals surface area contributed by atoms with Crippen LogP contribution in [0.3, 0.4) is 0 Å². The van der Waals surface area contributed by atoms with Crippen molar-refractivity contribution in [2.24, 2.45) is 0 Å². The van der Waals surface area contributed by atoms with Crippen LogP contribution in [-0.2, 0) is 4.57 Å². The minimum absolute atomic E-state index is 0.255. The lowest BCUT2D eigenvalue weighted by molar-refractivity contribution is 0.558. The second-order valence-electron chi connectivity index (χ2n) is 1.11. The van der Waals surface area contributed by atoms with E-state index in [1.54, 1.807) is 0 Å². The van der Waals surface area contributed by atoms with Gasteiger partial charge in [0.2, 0.25) is 8.11 Å². The SMILES string of the molecule is CCC[PH](=O)F. The summed E-state index contributed by atoms with van der Waals surface area (Å²) >= 11 is 0. The highest BCUT2D eigenvalue weighted by molar-refractivity contribution is 7.38. The van der Waals surface area contributed by atoms with E-state index in [1.165, 1.54) is 0 Å². The molecule has 0 N–H and O–H groups in total. The number of rotatable bonds is 2. The van der Waals surface area contributed by atoms with Gasteiger partial charge in [-0.2, -0.15) is 4.20 Å². The molecule has 1 nitrogen and oxygen atoms in total. The lowest BCUT2D eigenvalue weighted by atomic mass is 10.6. The molecule has 0 aromatic heterocycles. The molecule has 1 atom stereocenters. The molecule has 0 amide bonds. The van der Waals surface area contributed by atoms with Crippen molar-refractivity contribution >= 4 is 8.11 Å². The van der Waals surface area contributed by atoms with Gasteiger partial charge in [-0.15, -0.1) is 0 Å². The molecule has 0 rings (SSSR count). The van der Waals surface area contributed by atoms with Gasteiger partial charge in [-0.25, -0.2) is 0 Å². The Kier molecular flexibility index (Phi) is 3.44. The van der Waals surface area contributed by atoms with Gasteiger partial charge in [0.15, 0.2) is 0 Å². The van der Waals surface area contributed by atoms with Crippen LogP contribution in [0.25, 0.3) is 0 Å². The average molecular weight is 110 g/mol. The maximum absolute atomic E-state index is 11.2. The molecule has 0 heterocycles. The summed E-state index contributed by atoms with van der Waals surface area (Å²) < 4.78 is 20.8. The van der Waals surface area contributed by atoms with E-state index in [2.05, 4.69) is 0 Å². The summed E-state index contributed by atoms with van der Waals surface area (Å²) in [5.41, 5.74) is 0. The van der Waals surface area contributed by atoms with Gasteiger partial charge < -0.3 is 0 Å². The van der Waals surface area contributed by atoms with Crippen LogP contribution < -0.4 is 0 Å². The Labute approximate surface area is 37.5 Å². The second-order valence-corrected chi connectivity index (χ2v) is 2.32. The molecule has 0 saturated heterocycles. The molecule has 0 saturated carbocycles. The van der Waals surface area contributed by atoms with E-state index in [1.807, 2.05) is 6.92 Å². The minimum Gasteiger partial charge on any atom is -0.291 e. The first-order valence-electron chi connectivity index (χ1n) is 1.95. The highest BCUT2D eigenvalue weighted by Crippen LogP contribution is 2.20. The molecule has 0 spiro atoms. The van der Waals surface area contributed by atoms with E-state index in [0.29, 0.717) is 6.42 Å². The van der Waals surface area contributed by atoms with Gasteiger partial charge in [0.25, 0.3) is 0 Å². The number of halogens is 1. The largest absolute Gasteiger partial charge is 0.291 e. The fourth-order valence-corrected chi connectivity index (χ4v) is 0.590. The first-order valence-corrected chi connectivity index (χ1v) is 3.45. The predicted octanol–water partition coefficient (Wildman–Crippen LogP) is 1.84. The van der Waals surface area contributed by atoms with Crippen molar-refractivity contribution in [3.63, 3.8) is 0 Å². The van der Waals surface area contributed by atoms with Crippen molar-refractivity contribution < 1.29 is 8.76 Å². The quantitative estimate of drug-likeness (QED) is 0.495.